The summed E-state index contributed by atoms with van der Waals surface area (Å²) in [6.45, 7) is 1.97. The van der Waals surface area contributed by atoms with Crippen LogP contribution in [0.4, 0.5) is 10.5 Å². The van der Waals surface area contributed by atoms with Gasteiger partial charge in [-0.3, -0.25) is 19.8 Å². The number of fused-ring (bicyclic) bond motifs is 1. The van der Waals surface area contributed by atoms with Gasteiger partial charge >= 0.3 is 6.03 Å². The molecule has 1 aromatic carbocycles. The molecule has 21 heavy (non-hydrogen) atoms. The number of urea groups is 1. The van der Waals surface area contributed by atoms with Crippen LogP contribution in [0.5, 0.6) is 0 Å². The Morgan fingerprint density at radius 2 is 1.86 bits per heavy atom. The fourth-order valence-electron chi connectivity index (χ4n) is 2.29. The SMILES string of the molecule is O=C(Nc1cccc2c(=O)[nH][nH]c(=O)c12)N1CCOCC1. The summed E-state index contributed by atoms with van der Waals surface area (Å²) in [7, 11) is 0. The summed E-state index contributed by atoms with van der Waals surface area (Å²) in [5.74, 6) is 0. The van der Waals surface area contributed by atoms with E-state index >= 15 is 0 Å². The van der Waals surface area contributed by atoms with Crippen molar-refractivity contribution in [1.82, 2.24) is 15.1 Å². The summed E-state index contributed by atoms with van der Waals surface area (Å²) >= 11 is 0. The lowest BCUT2D eigenvalue weighted by molar-refractivity contribution is 0.0565. The van der Waals surface area contributed by atoms with Gasteiger partial charge in [-0.15, -0.1) is 0 Å². The number of carbonyl (C=O) groups excluding carboxylic acids is 1. The lowest BCUT2D eigenvalue weighted by Crippen LogP contribution is -2.43. The first kappa shape index (κ1) is 13.4. The Hall–Kier alpha value is -2.61. The lowest BCUT2D eigenvalue weighted by Gasteiger charge is -2.27. The number of ether oxygens (including phenoxy) is 1. The van der Waals surface area contributed by atoms with Gasteiger partial charge in [-0.25, -0.2) is 4.79 Å². The summed E-state index contributed by atoms with van der Waals surface area (Å²) in [5.41, 5.74) is -0.550. The van der Waals surface area contributed by atoms with E-state index in [1.807, 2.05) is 0 Å². The quantitative estimate of drug-likeness (QED) is 0.691. The Labute approximate surface area is 118 Å². The van der Waals surface area contributed by atoms with Crippen molar-refractivity contribution in [3.05, 3.63) is 38.9 Å². The number of rotatable bonds is 1. The van der Waals surface area contributed by atoms with Crippen LogP contribution in [-0.2, 0) is 4.74 Å². The summed E-state index contributed by atoms with van der Waals surface area (Å²) in [6.07, 6.45) is 0. The molecule has 2 heterocycles. The second-order valence-corrected chi connectivity index (χ2v) is 4.67. The van der Waals surface area contributed by atoms with E-state index in [0.29, 0.717) is 32.0 Å². The number of nitrogens with zero attached hydrogens (tertiary/aromatic N) is 1. The number of benzene rings is 1. The highest BCUT2D eigenvalue weighted by atomic mass is 16.5. The third-order valence-electron chi connectivity index (χ3n) is 3.37. The molecule has 1 aliphatic rings. The van der Waals surface area contributed by atoms with Crippen LogP contribution < -0.4 is 16.4 Å². The monoisotopic (exact) mass is 290 g/mol. The minimum Gasteiger partial charge on any atom is -0.378 e. The molecule has 1 saturated heterocycles. The average molecular weight is 290 g/mol. The fourth-order valence-corrected chi connectivity index (χ4v) is 2.29. The summed E-state index contributed by atoms with van der Waals surface area (Å²) in [6, 6.07) is 4.43. The minimum absolute atomic E-state index is 0.169. The van der Waals surface area contributed by atoms with Crippen molar-refractivity contribution in [1.29, 1.82) is 0 Å². The molecule has 0 atom stereocenters. The molecular formula is C13H14N4O4. The van der Waals surface area contributed by atoms with Crippen LogP contribution in [0.15, 0.2) is 27.8 Å². The Morgan fingerprint density at radius 3 is 2.62 bits per heavy atom. The van der Waals surface area contributed by atoms with E-state index in [9.17, 15) is 14.4 Å². The van der Waals surface area contributed by atoms with Gasteiger partial charge in [-0.2, -0.15) is 0 Å². The molecule has 110 valence electrons. The maximum absolute atomic E-state index is 12.2. The second-order valence-electron chi connectivity index (χ2n) is 4.67. The number of nitrogens with one attached hydrogen (secondary N) is 3. The van der Waals surface area contributed by atoms with Gasteiger partial charge in [0.1, 0.15) is 0 Å². The molecule has 2 aromatic rings. The summed E-state index contributed by atoms with van der Waals surface area (Å²) < 4.78 is 5.18. The number of aromatic nitrogens is 2. The van der Waals surface area contributed by atoms with Gasteiger partial charge < -0.3 is 15.0 Å². The molecule has 0 saturated carbocycles. The van der Waals surface area contributed by atoms with Crippen molar-refractivity contribution in [2.45, 2.75) is 0 Å². The molecule has 0 radical (unpaired) electrons. The van der Waals surface area contributed by atoms with E-state index in [2.05, 4.69) is 15.5 Å². The Kier molecular flexibility index (Phi) is 3.44. The number of amides is 2. The summed E-state index contributed by atoms with van der Waals surface area (Å²) in [4.78, 5) is 37.4. The molecule has 1 fully saturated rings. The van der Waals surface area contributed by atoms with E-state index in [1.54, 1.807) is 17.0 Å². The van der Waals surface area contributed by atoms with E-state index in [4.69, 9.17) is 4.74 Å². The molecule has 0 unspecified atom stereocenters. The number of carbonyl (C=O) groups is 1. The van der Waals surface area contributed by atoms with E-state index in [0.717, 1.165) is 0 Å². The minimum atomic E-state index is -0.456. The van der Waals surface area contributed by atoms with Crippen molar-refractivity contribution >= 4 is 22.5 Å². The third kappa shape index (κ3) is 2.52. The Morgan fingerprint density at radius 1 is 1.14 bits per heavy atom. The van der Waals surface area contributed by atoms with Crippen molar-refractivity contribution in [2.24, 2.45) is 0 Å². The van der Waals surface area contributed by atoms with Gasteiger partial charge in [-0.1, -0.05) is 6.07 Å². The van der Waals surface area contributed by atoms with Crippen LogP contribution in [0.2, 0.25) is 0 Å². The zero-order valence-electron chi connectivity index (χ0n) is 11.1. The first-order valence-electron chi connectivity index (χ1n) is 6.54. The largest absolute Gasteiger partial charge is 0.378 e. The lowest BCUT2D eigenvalue weighted by atomic mass is 10.1. The van der Waals surface area contributed by atoms with Crippen LogP contribution in [0.25, 0.3) is 10.8 Å². The molecule has 1 aliphatic heterocycles. The average Bonchev–Trinajstić information content (AvgIpc) is 2.52. The third-order valence-corrected chi connectivity index (χ3v) is 3.37. The Bertz CT molecular complexity index is 789. The van der Waals surface area contributed by atoms with Gasteiger partial charge in [0.05, 0.1) is 29.7 Å². The molecule has 8 nitrogen and oxygen atoms in total. The van der Waals surface area contributed by atoms with Crippen LogP contribution in [0.3, 0.4) is 0 Å². The molecule has 0 bridgehead atoms. The van der Waals surface area contributed by atoms with Gasteiger partial charge in [0.2, 0.25) is 0 Å². The molecule has 3 rings (SSSR count). The highest BCUT2D eigenvalue weighted by molar-refractivity contribution is 6.00. The number of hydrogen-bond acceptors (Lipinski definition) is 4. The smallest absolute Gasteiger partial charge is 0.322 e. The maximum Gasteiger partial charge on any atom is 0.322 e. The predicted molar refractivity (Wildman–Crippen MR) is 76.6 cm³/mol. The van der Waals surface area contributed by atoms with Gasteiger partial charge in [0.15, 0.2) is 0 Å². The Balaban J connectivity index is 1.97. The maximum atomic E-state index is 12.2. The fraction of sp³-hybridized carbons (Fsp3) is 0.308. The van der Waals surface area contributed by atoms with Crippen molar-refractivity contribution < 1.29 is 9.53 Å². The number of H-pyrrole nitrogens is 2. The molecule has 8 heteroatoms. The standard InChI is InChI=1S/C13H14N4O4/c18-11-8-2-1-3-9(10(8)12(19)16-15-11)14-13(20)17-4-6-21-7-5-17/h1-3H,4-7H2,(H,14,20)(H,15,18)(H,16,19). The second kappa shape index (κ2) is 5.41. The van der Waals surface area contributed by atoms with E-state index in [1.165, 1.54) is 6.07 Å². The zero-order chi connectivity index (χ0) is 14.8. The van der Waals surface area contributed by atoms with Crippen LogP contribution in [0, 0.1) is 0 Å². The van der Waals surface area contributed by atoms with Gasteiger partial charge in [0, 0.05) is 13.1 Å². The molecule has 0 aliphatic carbocycles. The first-order valence-corrected chi connectivity index (χ1v) is 6.54. The van der Waals surface area contributed by atoms with Crippen molar-refractivity contribution in [3.8, 4) is 0 Å². The van der Waals surface area contributed by atoms with Crippen LogP contribution in [0.1, 0.15) is 0 Å². The predicted octanol–water partition coefficient (Wildman–Crippen LogP) is 0.0805. The number of morpholine rings is 1. The summed E-state index contributed by atoms with van der Waals surface area (Å²) in [5, 5.41) is 7.60. The molecule has 3 N–H and O–H groups in total. The van der Waals surface area contributed by atoms with Crippen LogP contribution >= 0.6 is 0 Å². The normalized spacial score (nSPS) is 15.1. The first-order chi connectivity index (χ1) is 10.2. The van der Waals surface area contributed by atoms with Gasteiger partial charge in [-0.05, 0) is 12.1 Å². The van der Waals surface area contributed by atoms with E-state index in [-0.39, 0.29) is 16.8 Å². The van der Waals surface area contributed by atoms with E-state index < -0.39 is 11.1 Å². The zero-order valence-corrected chi connectivity index (χ0v) is 11.1. The molecule has 1 aromatic heterocycles. The number of aromatic amines is 2. The number of hydrogen-bond donors (Lipinski definition) is 3. The molecular weight excluding hydrogens is 276 g/mol. The van der Waals surface area contributed by atoms with Crippen molar-refractivity contribution in [2.75, 3.05) is 31.6 Å². The molecule has 0 spiro atoms. The number of anilines is 1. The molecule has 2 amide bonds. The van der Waals surface area contributed by atoms with Gasteiger partial charge in [0.25, 0.3) is 11.1 Å². The highest BCUT2D eigenvalue weighted by Crippen LogP contribution is 2.17. The van der Waals surface area contributed by atoms with Crippen molar-refractivity contribution in [3.63, 3.8) is 0 Å². The highest BCUT2D eigenvalue weighted by Gasteiger charge is 2.18. The topological polar surface area (TPSA) is 107 Å². The van der Waals surface area contributed by atoms with Crippen LogP contribution in [-0.4, -0.2) is 47.4 Å².